The van der Waals surface area contributed by atoms with Crippen molar-refractivity contribution in [3.63, 3.8) is 0 Å². The molecule has 0 saturated heterocycles. The smallest absolute Gasteiger partial charge is 0.331 e. The van der Waals surface area contributed by atoms with Gasteiger partial charge in [-0.25, -0.2) is 0 Å². The molecular formula is C19H42O2Si. The standard InChI is InChI=1S/C19H42O2Si/c1-6-8-10-11-12-13-14-15-16-18-20-22(4,5)21-19(3)17-9-7-2/h19H,6-18H2,1-5H3. The molecule has 0 fully saturated rings. The maximum absolute atomic E-state index is 6.14. The Balaban J connectivity index is 3.44. The molecular weight excluding hydrogens is 288 g/mol. The molecule has 0 aliphatic heterocycles. The minimum atomic E-state index is -1.91. The van der Waals surface area contributed by atoms with Crippen molar-refractivity contribution < 1.29 is 8.85 Å². The molecule has 0 bridgehead atoms. The Morgan fingerprint density at radius 1 is 0.727 bits per heavy atom. The molecule has 3 heteroatoms. The fourth-order valence-electron chi connectivity index (χ4n) is 2.80. The SMILES string of the molecule is CCCCCCCCCCCO[Si](C)(C)OC(C)CCCC. The molecule has 0 aliphatic rings. The van der Waals surface area contributed by atoms with Crippen molar-refractivity contribution in [3.05, 3.63) is 0 Å². The van der Waals surface area contributed by atoms with E-state index in [1.165, 1.54) is 70.6 Å². The van der Waals surface area contributed by atoms with Crippen molar-refractivity contribution >= 4 is 8.56 Å². The molecule has 0 aromatic carbocycles. The molecule has 0 N–H and O–H groups in total. The summed E-state index contributed by atoms with van der Waals surface area (Å²) in [4.78, 5) is 0. The van der Waals surface area contributed by atoms with E-state index in [2.05, 4.69) is 33.9 Å². The fourth-order valence-corrected chi connectivity index (χ4v) is 4.59. The Hall–Kier alpha value is 0.137. The van der Waals surface area contributed by atoms with Crippen LogP contribution in [0.3, 0.4) is 0 Å². The predicted molar refractivity (Wildman–Crippen MR) is 101 cm³/mol. The van der Waals surface area contributed by atoms with Crippen LogP contribution in [0.25, 0.3) is 0 Å². The maximum atomic E-state index is 6.14. The summed E-state index contributed by atoms with van der Waals surface area (Å²) in [5.74, 6) is 0. The average Bonchev–Trinajstić information content (AvgIpc) is 2.46. The second-order valence-electron chi connectivity index (χ2n) is 7.15. The second-order valence-corrected chi connectivity index (χ2v) is 10.5. The number of unbranched alkanes of at least 4 members (excludes halogenated alkanes) is 9. The molecule has 0 heterocycles. The van der Waals surface area contributed by atoms with Gasteiger partial charge < -0.3 is 8.85 Å². The van der Waals surface area contributed by atoms with E-state index in [0.717, 1.165) is 13.0 Å². The van der Waals surface area contributed by atoms with Crippen molar-refractivity contribution in [2.45, 2.75) is 117 Å². The molecule has 0 radical (unpaired) electrons. The first-order valence-corrected chi connectivity index (χ1v) is 12.6. The van der Waals surface area contributed by atoms with Gasteiger partial charge in [0.15, 0.2) is 0 Å². The van der Waals surface area contributed by atoms with Crippen LogP contribution in [-0.4, -0.2) is 21.3 Å². The Morgan fingerprint density at radius 2 is 1.23 bits per heavy atom. The molecule has 1 unspecified atom stereocenters. The monoisotopic (exact) mass is 330 g/mol. The Morgan fingerprint density at radius 3 is 1.77 bits per heavy atom. The fraction of sp³-hybridized carbons (Fsp3) is 1.00. The van der Waals surface area contributed by atoms with Crippen molar-refractivity contribution in [1.29, 1.82) is 0 Å². The molecule has 0 aromatic rings. The summed E-state index contributed by atoms with van der Waals surface area (Å²) in [6, 6.07) is 0. The number of rotatable bonds is 16. The van der Waals surface area contributed by atoms with Crippen LogP contribution in [0.5, 0.6) is 0 Å². The van der Waals surface area contributed by atoms with Crippen LogP contribution in [0, 0.1) is 0 Å². The van der Waals surface area contributed by atoms with Crippen LogP contribution in [0.2, 0.25) is 13.1 Å². The van der Waals surface area contributed by atoms with Gasteiger partial charge in [0.05, 0.1) is 0 Å². The lowest BCUT2D eigenvalue weighted by atomic mass is 10.1. The highest BCUT2D eigenvalue weighted by Gasteiger charge is 2.26. The van der Waals surface area contributed by atoms with E-state index in [-0.39, 0.29) is 0 Å². The van der Waals surface area contributed by atoms with Gasteiger partial charge in [-0.15, -0.1) is 0 Å². The van der Waals surface area contributed by atoms with Gasteiger partial charge in [0.25, 0.3) is 0 Å². The van der Waals surface area contributed by atoms with E-state index in [1.54, 1.807) is 0 Å². The van der Waals surface area contributed by atoms with Crippen LogP contribution in [0.4, 0.5) is 0 Å². The third-order valence-corrected chi connectivity index (χ3v) is 6.02. The summed E-state index contributed by atoms with van der Waals surface area (Å²) in [6.45, 7) is 11.9. The highest BCUT2D eigenvalue weighted by Crippen LogP contribution is 2.15. The number of hydrogen-bond acceptors (Lipinski definition) is 2. The number of hydrogen-bond donors (Lipinski definition) is 0. The van der Waals surface area contributed by atoms with E-state index >= 15 is 0 Å². The zero-order chi connectivity index (χ0) is 16.7. The van der Waals surface area contributed by atoms with E-state index in [1.807, 2.05) is 0 Å². The summed E-state index contributed by atoms with van der Waals surface area (Å²) < 4.78 is 12.2. The topological polar surface area (TPSA) is 18.5 Å². The summed E-state index contributed by atoms with van der Waals surface area (Å²) >= 11 is 0. The second kappa shape index (κ2) is 14.7. The maximum Gasteiger partial charge on any atom is 0.331 e. The van der Waals surface area contributed by atoms with Gasteiger partial charge in [-0.3, -0.25) is 0 Å². The summed E-state index contributed by atoms with van der Waals surface area (Å²) in [5, 5.41) is 0. The van der Waals surface area contributed by atoms with Crippen molar-refractivity contribution in [2.75, 3.05) is 6.61 Å². The van der Waals surface area contributed by atoms with Crippen molar-refractivity contribution in [2.24, 2.45) is 0 Å². The minimum absolute atomic E-state index is 0.352. The Labute approximate surface area is 141 Å². The summed E-state index contributed by atoms with van der Waals surface area (Å²) in [6.07, 6.45) is 16.3. The molecule has 0 spiro atoms. The zero-order valence-electron chi connectivity index (χ0n) is 16.1. The largest absolute Gasteiger partial charge is 0.395 e. The van der Waals surface area contributed by atoms with Crippen LogP contribution >= 0.6 is 0 Å². The lowest BCUT2D eigenvalue weighted by Gasteiger charge is -2.27. The predicted octanol–water partition coefficient (Wildman–Crippen LogP) is 6.83. The van der Waals surface area contributed by atoms with Gasteiger partial charge in [0.2, 0.25) is 0 Å². The molecule has 0 aliphatic carbocycles. The quantitative estimate of drug-likeness (QED) is 0.228. The minimum Gasteiger partial charge on any atom is -0.395 e. The Bertz CT molecular complexity index is 231. The first-order valence-electron chi connectivity index (χ1n) is 9.83. The zero-order valence-corrected chi connectivity index (χ0v) is 17.1. The normalized spacial score (nSPS) is 13.5. The van der Waals surface area contributed by atoms with Gasteiger partial charge in [-0.05, 0) is 32.9 Å². The molecule has 0 aromatic heterocycles. The first kappa shape index (κ1) is 22.1. The van der Waals surface area contributed by atoms with Gasteiger partial charge >= 0.3 is 8.56 Å². The highest BCUT2D eigenvalue weighted by molar-refractivity contribution is 6.64. The van der Waals surface area contributed by atoms with Crippen molar-refractivity contribution in [3.8, 4) is 0 Å². The van der Waals surface area contributed by atoms with Crippen LogP contribution in [0.1, 0.15) is 97.8 Å². The average molecular weight is 331 g/mol. The molecule has 0 amide bonds. The molecule has 1 atom stereocenters. The molecule has 2 nitrogen and oxygen atoms in total. The molecule has 0 saturated carbocycles. The third kappa shape index (κ3) is 15.0. The lowest BCUT2D eigenvalue weighted by Crippen LogP contribution is -2.38. The molecule has 22 heavy (non-hydrogen) atoms. The van der Waals surface area contributed by atoms with Gasteiger partial charge in [-0.2, -0.15) is 0 Å². The highest BCUT2D eigenvalue weighted by atomic mass is 28.4. The van der Waals surface area contributed by atoms with E-state index in [4.69, 9.17) is 8.85 Å². The Kier molecular flexibility index (Phi) is 14.8. The summed E-state index contributed by atoms with van der Waals surface area (Å²) in [7, 11) is -1.91. The molecule has 0 rings (SSSR count). The third-order valence-electron chi connectivity index (χ3n) is 4.15. The van der Waals surface area contributed by atoms with Crippen LogP contribution in [-0.2, 0) is 8.85 Å². The van der Waals surface area contributed by atoms with Crippen LogP contribution in [0.15, 0.2) is 0 Å². The first-order chi connectivity index (χ1) is 10.5. The van der Waals surface area contributed by atoms with Gasteiger partial charge in [-0.1, -0.05) is 78.1 Å². The van der Waals surface area contributed by atoms with Crippen molar-refractivity contribution in [1.82, 2.24) is 0 Å². The van der Waals surface area contributed by atoms with E-state index < -0.39 is 8.56 Å². The van der Waals surface area contributed by atoms with E-state index in [0.29, 0.717) is 6.10 Å². The van der Waals surface area contributed by atoms with Gasteiger partial charge in [0, 0.05) is 12.7 Å². The van der Waals surface area contributed by atoms with E-state index in [9.17, 15) is 0 Å². The van der Waals surface area contributed by atoms with Gasteiger partial charge in [0.1, 0.15) is 0 Å². The summed E-state index contributed by atoms with van der Waals surface area (Å²) in [5.41, 5.74) is 0. The molecule has 134 valence electrons. The van der Waals surface area contributed by atoms with Crippen LogP contribution < -0.4 is 0 Å². The lowest BCUT2D eigenvalue weighted by molar-refractivity contribution is 0.122.